The van der Waals surface area contributed by atoms with Crippen molar-refractivity contribution in [3.8, 4) is 16.3 Å². The Kier molecular flexibility index (Phi) is 6.05. The molecule has 0 fully saturated rings. The van der Waals surface area contributed by atoms with Crippen molar-refractivity contribution in [1.82, 2.24) is 9.78 Å². The Morgan fingerprint density at radius 1 is 1.29 bits per heavy atom. The number of aromatic nitrogens is 2. The number of amides is 1. The standard InChI is InChI=1S/C18H14ClF2N3O3S/c1-10-2-6-15(28-10)13-4-7-17(26)24(23-13)9-16(25)22-11-3-5-14(12(19)8-11)27-18(20)21/h2-8,18H,9H2,1H3,(H,22,25). The fourth-order valence-corrected chi connectivity index (χ4v) is 3.43. The first-order valence-electron chi connectivity index (χ1n) is 8.01. The molecule has 0 spiro atoms. The molecule has 1 amide bonds. The topological polar surface area (TPSA) is 73.2 Å². The van der Waals surface area contributed by atoms with Gasteiger partial charge in [0.2, 0.25) is 5.91 Å². The minimum absolute atomic E-state index is 0.0801. The fraction of sp³-hybridized carbons (Fsp3) is 0.167. The maximum Gasteiger partial charge on any atom is 0.387 e. The number of nitrogens with one attached hydrogen (secondary N) is 1. The Hall–Kier alpha value is -2.78. The quantitative estimate of drug-likeness (QED) is 0.643. The average Bonchev–Trinajstić information content (AvgIpc) is 3.05. The maximum absolute atomic E-state index is 12.3. The number of benzene rings is 1. The van der Waals surface area contributed by atoms with E-state index in [0.717, 1.165) is 14.4 Å². The van der Waals surface area contributed by atoms with E-state index >= 15 is 0 Å². The fourth-order valence-electron chi connectivity index (χ4n) is 2.37. The summed E-state index contributed by atoms with van der Waals surface area (Å²) in [5.41, 5.74) is 0.433. The number of carbonyl (C=O) groups is 1. The van der Waals surface area contributed by atoms with Crippen molar-refractivity contribution >= 4 is 34.5 Å². The summed E-state index contributed by atoms with van der Waals surface area (Å²) in [4.78, 5) is 26.3. The SMILES string of the molecule is Cc1ccc(-c2ccc(=O)n(CC(=O)Nc3ccc(OC(F)F)c(Cl)c3)n2)s1. The Balaban J connectivity index is 1.73. The summed E-state index contributed by atoms with van der Waals surface area (Å²) in [6.45, 7) is -1.36. The highest BCUT2D eigenvalue weighted by Gasteiger charge is 2.12. The second-order valence-electron chi connectivity index (χ2n) is 5.70. The Morgan fingerprint density at radius 2 is 2.07 bits per heavy atom. The van der Waals surface area contributed by atoms with Gasteiger partial charge in [0.25, 0.3) is 5.56 Å². The van der Waals surface area contributed by atoms with Crippen molar-refractivity contribution in [2.45, 2.75) is 20.1 Å². The number of alkyl halides is 2. The number of aryl methyl sites for hydroxylation is 1. The number of nitrogens with zero attached hydrogens (tertiary/aromatic N) is 2. The second kappa shape index (κ2) is 8.49. The number of halogens is 3. The van der Waals surface area contributed by atoms with Gasteiger partial charge >= 0.3 is 6.61 Å². The normalized spacial score (nSPS) is 10.9. The van der Waals surface area contributed by atoms with Gasteiger partial charge < -0.3 is 10.1 Å². The van der Waals surface area contributed by atoms with E-state index in [9.17, 15) is 18.4 Å². The zero-order valence-corrected chi connectivity index (χ0v) is 16.1. The van der Waals surface area contributed by atoms with E-state index in [1.54, 1.807) is 6.07 Å². The maximum atomic E-state index is 12.3. The first kappa shape index (κ1) is 20.0. The van der Waals surface area contributed by atoms with Crippen LogP contribution in [0.4, 0.5) is 14.5 Å². The van der Waals surface area contributed by atoms with Crippen LogP contribution in [0.25, 0.3) is 10.6 Å². The van der Waals surface area contributed by atoms with Crippen LogP contribution in [0, 0.1) is 6.92 Å². The zero-order valence-electron chi connectivity index (χ0n) is 14.5. The first-order chi connectivity index (χ1) is 13.3. The molecule has 3 rings (SSSR count). The van der Waals surface area contributed by atoms with Crippen LogP contribution in [0.5, 0.6) is 5.75 Å². The summed E-state index contributed by atoms with van der Waals surface area (Å²) in [5, 5.41) is 6.68. The number of ether oxygens (including phenoxy) is 1. The van der Waals surface area contributed by atoms with Gasteiger partial charge in [-0.25, -0.2) is 4.68 Å². The van der Waals surface area contributed by atoms with Crippen molar-refractivity contribution in [2.24, 2.45) is 0 Å². The highest BCUT2D eigenvalue weighted by molar-refractivity contribution is 7.15. The van der Waals surface area contributed by atoms with Crippen molar-refractivity contribution in [2.75, 3.05) is 5.32 Å². The molecule has 0 unspecified atom stereocenters. The van der Waals surface area contributed by atoms with Crippen LogP contribution in [0.1, 0.15) is 4.88 Å². The lowest BCUT2D eigenvalue weighted by Gasteiger charge is -2.10. The molecule has 0 atom stereocenters. The lowest BCUT2D eigenvalue weighted by molar-refractivity contribution is -0.117. The molecule has 10 heteroatoms. The molecule has 0 saturated carbocycles. The van der Waals surface area contributed by atoms with E-state index < -0.39 is 18.1 Å². The van der Waals surface area contributed by atoms with Crippen LogP contribution in [0.2, 0.25) is 5.02 Å². The van der Waals surface area contributed by atoms with Crippen LogP contribution < -0.4 is 15.6 Å². The Morgan fingerprint density at radius 3 is 2.71 bits per heavy atom. The molecule has 6 nitrogen and oxygen atoms in total. The molecule has 0 saturated heterocycles. The van der Waals surface area contributed by atoms with Crippen molar-refractivity contribution < 1.29 is 18.3 Å². The van der Waals surface area contributed by atoms with Gasteiger partial charge in [-0.15, -0.1) is 11.3 Å². The first-order valence-corrected chi connectivity index (χ1v) is 9.20. The lowest BCUT2D eigenvalue weighted by atomic mass is 10.3. The van der Waals surface area contributed by atoms with Gasteiger partial charge in [0.1, 0.15) is 18.0 Å². The molecule has 0 aliphatic heterocycles. The van der Waals surface area contributed by atoms with E-state index in [1.807, 2.05) is 19.1 Å². The summed E-state index contributed by atoms with van der Waals surface area (Å²) in [6.07, 6.45) is 0. The summed E-state index contributed by atoms with van der Waals surface area (Å²) in [6, 6.07) is 10.6. The van der Waals surface area contributed by atoms with Gasteiger partial charge in [0.15, 0.2) is 0 Å². The van der Waals surface area contributed by atoms with E-state index in [-0.39, 0.29) is 23.0 Å². The molecule has 0 bridgehead atoms. The molecule has 0 aliphatic rings. The monoisotopic (exact) mass is 425 g/mol. The predicted octanol–water partition coefficient (Wildman–Crippen LogP) is 4.17. The van der Waals surface area contributed by atoms with Gasteiger partial charge in [-0.3, -0.25) is 9.59 Å². The molecule has 2 heterocycles. The molecule has 3 aromatic rings. The predicted molar refractivity (Wildman–Crippen MR) is 103 cm³/mol. The number of hydrogen-bond donors (Lipinski definition) is 1. The molecule has 28 heavy (non-hydrogen) atoms. The van der Waals surface area contributed by atoms with Crippen molar-refractivity contribution in [3.05, 3.63) is 62.7 Å². The minimum atomic E-state index is -3.00. The van der Waals surface area contributed by atoms with E-state index in [2.05, 4.69) is 15.2 Å². The molecule has 1 N–H and O–H groups in total. The molecular weight excluding hydrogens is 412 g/mol. The number of anilines is 1. The summed E-state index contributed by atoms with van der Waals surface area (Å²) in [7, 11) is 0. The number of thiophene rings is 1. The molecule has 2 aromatic heterocycles. The van der Waals surface area contributed by atoms with Gasteiger partial charge in [0.05, 0.1) is 9.90 Å². The van der Waals surface area contributed by atoms with Gasteiger partial charge in [-0.05, 0) is 43.3 Å². The third-order valence-corrected chi connectivity index (χ3v) is 4.90. The Bertz CT molecular complexity index is 1070. The summed E-state index contributed by atoms with van der Waals surface area (Å²) < 4.78 is 29.8. The number of hydrogen-bond acceptors (Lipinski definition) is 5. The highest BCUT2D eigenvalue weighted by atomic mass is 35.5. The van der Waals surface area contributed by atoms with Crippen LogP contribution >= 0.6 is 22.9 Å². The number of rotatable bonds is 6. The number of carbonyl (C=O) groups excluding carboxylic acids is 1. The van der Waals surface area contributed by atoms with Crippen LogP contribution in [-0.2, 0) is 11.3 Å². The molecular formula is C18H14ClF2N3O3S. The third-order valence-electron chi connectivity index (χ3n) is 3.58. The average molecular weight is 426 g/mol. The van der Waals surface area contributed by atoms with Crippen LogP contribution in [-0.4, -0.2) is 22.3 Å². The van der Waals surface area contributed by atoms with Crippen LogP contribution in [0.15, 0.2) is 47.3 Å². The molecule has 0 aliphatic carbocycles. The van der Waals surface area contributed by atoms with Gasteiger partial charge in [-0.2, -0.15) is 13.9 Å². The van der Waals surface area contributed by atoms with Gasteiger partial charge in [0, 0.05) is 16.6 Å². The summed E-state index contributed by atoms with van der Waals surface area (Å²) in [5.74, 6) is -0.723. The van der Waals surface area contributed by atoms with E-state index in [1.165, 1.54) is 35.6 Å². The van der Waals surface area contributed by atoms with Gasteiger partial charge in [-0.1, -0.05) is 11.6 Å². The molecule has 146 valence electrons. The third kappa shape index (κ3) is 4.93. The Labute approximate surface area is 167 Å². The second-order valence-corrected chi connectivity index (χ2v) is 7.39. The van der Waals surface area contributed by atoms with Crippen molar-refractivity contribution in [3.63, 3.8) is 0 Å². The van der Waals surface area contributed by atoms with E-state index in [4.69, 9.17) is 11.6 Å². The van der Waals surface area contributed by atoms with E-state index in [0.29, 0.717) is 5.69 Å². The smallest absolute Gasteiger partial charge is 0.387 e. The molecule has 1 aromatic carbocycles. The molecule has 0 radical (unpaired) electrons. The highest BCUT2D eigenvalue weighted by Crippen LogP contribution is 2.29. The summed E-state index contributed by atoms with van der Waals surface area (Å²) >= 11 is 7.38. The lowest BCUT2D eigenvalue weighted by Crippen LogP contribution is -2.29. The van der Waals surface area contributed by atoms with Crippen LogP contribution in [0.3, 0.4) is 0 Å². The minimum Gasteiger partial charge on any atom is -0.433 e. The van der Waals surface area contributed by atoms with Crippen molar-refractivity contribution in [1.29, 1.82) is 0 Å². The zero-order chi connectivity index (χ0) is 20.3. The largest absolute Gasteiger partial charge is 0.433 e.